The van der Waals surface area contributed by atoms with Crippen LogP contribution in [0.15, 0.2) is 97.6 Å². The third-order valence-corrected chi connectivity index (χ3v) is 5.63. The second kappa shape index (κ2) is 8.15. The normalized spacial score (nSPS) is 11.2. The number of aryl methyl sites for hydroxylation is 1. The van der Waals surface area contributed by atoms with Crippen LogP contribution in [0.4, 0.5) is 0 Å². The molecule has 4 rings (SSSR count). The van der Waals surface area contributed by atoms with Crippen molar-refractivity contribution in [3.63, 3.8) is 0 Å². The maximum Gasteiger partial charge on any atom is 0.0142 e. The number of hydrogen-bond acceptors (Lipinski definition) is 0. The summed E-state index contributed by atoms with van der Waals surface area (Å²) in [4.78, 5) is 0. The first-order chi connectivity index (χ1) is 13.6. The molecule has 0 bridgehead atoms. The summed E-state index contributed by atoms with van der Waals surface area (Å²) in [6.45, 7) is 6.44. The van der Waals surface area contributed by atoms with Crippen molar-refractivity contribution >= 4 is 45.0 Å². The molecule has 0 aliphatic heterocycles. The predicted octanol–water partition coefficient (Wildman–Crippen LogP) is 8.15. The Hall–Kier alpha value is -2.65. The predicted molar refractivity (Wildman–Crippen MR) is 131 cm³/mol. The van der Waals surface area contributed by atoms with Gasteiger partial charge >= 0.3 is 0 Å². The zero-order valence-corrected chi connectivity index (χ0v) is 18.0. The van der Waals surface area contributed by atoms with Gasteiger partial charge in [-0.25, -0.2) is 0 Å². The van der Waals surface area contributed by atoms with Gasteiger partial charge in [-0.05, 0) is 97.9 Å². The lowest BCUT2D eigenvalue weighted by Crippen LogP contribution is -1.87. The number of halogens is 1. The van der Waals surface area contributed by atoms with Crippen LogP contribution in [0, 0.1) is 10.5 Å². The highest BCUT2D eigenvalue weighted by Gasteiger charge is 2.05. The van der Waals surface area contributed by atoms with Crippen LogP contribution in [-0.2, 0) is 0 Å². The molecule has 1 heteroatoms. The van der Waals surface area contributed by atoms with Gasteiger partial charge in [-0.3, -0.25) is 0 Å². The maximum atomic E-state index is 4.31. The minimum atomic E-state index is 1.02. The maximum absolute atomic E-state index is 4.31. The molecule has 0 amide bonds. The lowest BCUT2D eigenvalue weighted by Gasteiger charge is -2.09. The zero-order chi connectivity index (χ0) is 19.5. The van der Waals surface area contributed by atoms with Crippen molar-refractivity contribution < 1.29 is 0 Å². The molecular formula is C27H21I. The summed E-state index contributed by atoms with van der Waals surface area (Å²) < 4.78 is 1.21. The van der Waals surface area contributed by atoms with Crippen LogP contribution < -0.4 is 0 Å². The van der Waals surface area contributed by atoms with Crippen molar-refractivity contribution in [3.8, 4) is 11.1 Å². The van der Waals surface area contributed by atoms with E-state index in [4.69, 9.17) is 0 Å². The van der Waals surface area contributed by atoms with Gasteiger partial charge in [0.05, 0.1) is 0 Å². The van der Waals surface area contributed by atoms with Crippen LogP contribution in [0.2, 0.25) is 0 Å². The Bertz CT molecular complexity index is 1200. The van der Waals surface area contributed by atoms with E-state index in [1.54, 1.807) is 0 Å². The average Bonchev–Trinajstić information content (AvgIpc) is 2.72. The van der Waals surface area contributed by atoms with Crippen molar-refractivity contribution in [1.29, 1.82) is 0 Å². The standard InChI is InChI=1S/C27H21I/c1-19-7-3-4-8-21(19)12-11-20(2)25-16-26(18-27(28)17-25)24-14-13-22-9-5-6-10-23(22)15-24/h3-18H,2H2,1H3/b12-11-. The van der Waals surface area contributed by atoms with Crippen molar-refractivity contribution in [3.05, 3.63) is 118 Å². The Morgan fingerprint density at radius 2 is 1.54 bits per heavy atom. The van der Waals surface area contributed by atoms with Gasteiger partial charge in [0, 0.05) is 3.57 Å². The molecule has 0 nitrogen and oxygen atoms in total. The Morgan fingerprint density at radius 3 is 2.36 bits per heavy atom. The molecule has 0 heterocycles. The number of benzene rings is 4. The quantitative estimate of drug-likeness (QED) is 0.208. The van der Waals surface area contributed by atoms with Crippen molar-refractivity contribution in [1.82, 2.24) is 0 Å². The van der Waals surface area contributed by atoms with Gasteiger partial charge < -0.3 is 0 Å². The first kappa shape index (κ1) is 18.7. The summed E-state index contributed by atoms with van der Waals surface area (Å²) in [7, 11) is 0. The fourth-order valence-corrected chi connectivity index (χ4v) is 4.04. The third-order valence-electron chi connectivity index (χ3n) is 5.00. The van der Waals surface area contributed by atoms with Crippen molar-refractivity contribution in [2.45, 2.75) is 6.92 Å². The van der Waals surface area contributed by atoms with E-state index in [9.17, 15) is 0 Å². The second-order valence-electron chi connectivity index (χ2n) is 7.01. The largest absolute Gasteiger partial charge is 0.0912 e. The van der Waals surface area contributed by atoms with Crippen LogP contribution in [0.25, 0.3) is 33.5 Å². The Kier molecular flexibility index (Phi) is 5.45. The summed E-state index contributed by atoms with van der Waals surface area (Å²) in [6, 6.07) is 30.2. The molecular weight excluding hydrogens is 451 g/mol. The van der Waals surface area contributed by atoms with Gasteiger partial charge in [0.15, 0.2) is 0 Å². The van der Waals surface area contributed by atoms with E-state index in [0.29, 0.717) is 0 Å². The summed E-state index contributed by atoms with van der Waals surface area (Å²) in [6.07, 6.45) is 4.26. The zero-order valence-electron chi connectivity index (χ0n) is 15.8. The molecule has 136 valence electrons. The van der Waals surface area contributed by atoms with Crippen LogP contribution in [0.3, 0.4) is 0 Å². The molecule has 0 spiro atoms. The summed E-state index contributed by atoms with van der Waals surface area (Å²) in [5.41, 5.74) is 7.12. The summed E-state index contributed by atoms with van der Waals surface area (Å²) in [5, 5.41) is 2.53. The van der Waals surface area contributed by atoms with E-state index in [2.05, 4.69) is 133 Å². The van der Waals surface area contributed by atoms with Crippen LogP contribution >= 0.6 is 22.6 Å². The molecule has 0 fully saturated rings. The highest BCUT2D eigenvalue weighted by molar-refractivity contribution is 14.1. The van der Waals surface area contributed by atoms with E-state index in [0.717, 1.165) is 11.1 Å². The molecule has 0 atom stereocenters. The number of rotatable bonds is 4. The van der Waals surface area contributed by atoms with Crippen LogP contribution in [0.1, 0.15) is 16.7 Å². The molecule has 0 saturated heterocycles. The molecule has 0 unspecified atom stereocenters. The van der Waals surface area contributed by atoms with Crippen LogP contribution in [-0.4, -0.2) is 0 Å². The van der Waals surface area contributed by atoms with Gasteiger partial charge in [0.25, 0.3) is 0 Å². The van der Waals surface area contributed by atoms with Gasteiger partial charge in [-0.1, -0.05) is 79.4 Å². The van der Waals surface area contributed by atoms with E-state index in [-0.39, 0.29) is 0 Å². The van der Waals surface area contributed by atoms with Crippen LogP contribution in [0.5, 0.6) is 0 Å². The van der Waals surface area contributed by atoms with E-state index in [1.165, 1.54) is 36.6 Å². The van der Waals surface area contributed by atoms with Gasteiger partial charge in [0.2, 0.25) is 0 Å². The number of fused-ring (bicyclic) bond motifs is 1. The summed E-state index contributed by atoms with van der Waals surface area (Å²) >= 11 is 2.39. The topological polar surface area (TPSA) is 0 Å². The average molecular weight is 472 g/mol. The highest BCUT2D eigenvalue weighted by atomic mass is 127. The molecule has 0 N–H and O–H groups in total. The van der Waals surface area contributed by atoms with Gasteiger partial charge in [0.1, 0.15) is 0 Å². The fraction of sp³-hybridized carbons (Fsp3) is 0.0370. The van der Waals surface area contributed by atoms with E-state index in [1.807, 2.05) is 0 Å². The highest BCUT2D eigenvalue weighted by Crippen LogP contribution is 2.29. The molecule has 0 radical (unpaired) electrons. The minimum absolute atomic E-state index is 1.02. The van der Waals surface area contributed by atoms with E-state index >= 15 is 0 Å². The molecule has 0 aliphatic carbocycles. The second-order valence-corrected chi connectivity index (χ2v) is 8.25. The van der Waals surface area contributed by atoms with Gasteiger partial charge in [-0.15, -0.1) is 0 Å². The smallest absolute Gasteiger partial charge is 0.0142 e. The summed E-state index contributed by atoms with van der Waals surface area (Å²) in [5.74, 6) is 0. The molecule has 4 aromatic carbocycles. The molecule has 28 heavy (non-hydrogen) atoms. The third kappa shape index (κ3) is 4.10. The number of hydrogen-bond donors (Lipinski definition) is 0. The monoisotopic (exact) mass is 472 g/mol. The van der Waals surface area contributed by atoms with Crippen molar-refractivity contribution in [2.75, 3.05) is 0 Å². The lowest BCUT2D eigenvalue weighted by atomic mass is 9.97. The van der Waals surface area contributed by atoms with E-state index < -0.39 is 0 Å². The number of allylic oxidation sites excluding steroid dienone is 2. The minimum Gasteiger partial charge on any atom is -0.0912 e. The Labute approximate surface area is 180 Å². The Morgan fingerprint density at radius 1 is 0.786 bits per heavy atom. The molecule has 0 aliphatic rings. The molecule has 0 saturated carbocycles. The van der Waals surface area contributed by atoms with Gasteiger partial charge in [-0.2, -0.15) is 0 Å². The first-order valence-electron chi connectivity index (χ1n) is 9.33. The van der Waals surface area contributed by atoms with Crippen molar-refractivity contribution in [2.24, 2.45) is 0 Å². The first-order valence-corrected chi connectivity index (χ1v) is 10.4. The lowest BCUT2D eigenvalue weighted by molar-refractivity contribution is 1.44. The Balaban J connectivity index is 1.68. The SMILES string of the molecule is C=C(/C=C\c1ccccc1C)c1cc(I)cc(-c2ccc3ccccc3c2)c1. The fourth-order valence-electron chi connectivity index (χ4n) is 3.37. The molecule has 4 aromatic rings. The molecule has 0 aromatic heterocycles.